The SMILES string of the molecule is CCCNCc1cccc(F)c1Sc1ccncc1. The molecule has 4 heteroatoms. The minimum absolute atomic E-state index is 0.169. The highest BCUT2D eigenvalue weighted by atomic mass is 32.2. The summed E-state index contributed by atoms with van der Waals surface area (Å²) in [5.41, 5.74) is 0.996. The summed E-state index contributed by atoms with van der Waals surface area (Å²) in [4.78, 5) is 5.66. The van der Waals surface area contributed by atoms with E-state index < -0.39 is 0 Å². The van der Waals surface area contributed by atoms with Crippen molar-refractivity contribution in [3.63, 3.8) is 0 Å². The van der Waals surface area contributed by atoms with E-state index in [-0.39, 0.29) is 5.82 Å². The Labute approximate surface area is 117 Å². The quantitative estimate of drug-likeness (QED) is 0.811. The molecule has 0 aliphatic rings. The standard InChI is InChI=1S/C15H17FN2S/c1-2-8-18-11-12-4-3-5-14(16)15(12)19-13-6-9-17-10-7-13/h3-7,9-10,18H,2,8,11H2,1H3. The van der Waals surface area contributed by atoms with Gasteiger partial charge in [0.05, 0.1) is 4.90 Å². The topological polar surface area (TPSA) is 24.9 Å². The molecule has 1 aromatic heterocycles. The fraction of sp³-hybridized carbons (Fsp3) is 0.267. The maximum Gasteiger partial charge on any atom is 0.137 e. The van der Waals surface area contributed by atoms with Gasteiger partial charge in [0.2, 0.25) is 0 Å². The average molecular weight is 276 g/mol. The highest BCUT2D eigenvalue weighted by Crippen LogP contribution is 2.32. The normalized spacial score (nSPS) is 10.6. The van der Waals surface area contributed by atoms with Crippen LogP contribution in [0.25, 0.3) is 0 Å². The molecule has 2 aromatic rings. The summed E-state index contributed by atoms with van der Waals surface area (Å²) in [5, 5.41) is 3.31. The highest BCUT2D eigenvalue weighted by molar-refractivity contribution is 7.99. The number of halogens is 1. The summed E-state index contributed by atoms with van der Waals surface area (Å²) in [6, 6.07) is 9.01. The molecule has 1 aromatic carbocycles. The summed E-state index contributed by atoms with van der Waals surface area (Å²) < 4.78 is 14.0. The van der Waals surface area contributed by atoms with Gasteiger partial charge >= 0.3 is 0 Å². The van der Waals surface area contributed by atoms with E-state index in [9.17, 15) is 4.39 Å². The lowest BCUT2D eigenvalue weighted by atomic mass is 10.2. The molecule has 1 N–H and O–H groups in total. The zero-order chi connectivity index (χ0) is 13.5. The minimum Gasteiger partial charge on any atom is -0.313 e. The molecule has 1 heterocycles. The highest BCUT2D eigenvalue weighted by Gasteiger charge is 2.09. The molecule has 0 amide bonds. The molecule has 0 fully saturated rings. The molecule has 0 bridgehead atoms. The van der Waals surface area contributed by atoms with Gasteiger partial charge in [0.1, 0.15) is 5.82 Å². The smallest absolute Gasteiger partial charge is 0.137 e. The fourth-order valence-corrected chi connectivity index (χ4v) is 2.66. The van der Waals surface area contributed by atoms with Crippen LogP contribution in [0.2, 0.25) is 0 Å². The van der Waals surface area contributed by atoms with E-state index in [2.05, 4.69) is 17.2 Å². The van der Waals surface area contributed by atoms with Crippen molar-refractivity contribution in [2.24, 2.45) is 0 Å². The zero-order valence-corrected chi connectivity index (χ0v) is 11.7. The van der Waals surface area contributed by atoms with Crippen LogP contribution in [0, 0.1) is 5.82 Å². The molecule has 0 saturated heterocycles. The third kappa shape index (κ3) is 4.04. The second-order valence-corrected chi connectivity index (χ2v) is 5.27. The minimum atomic E-state index is -0.169. The van der Waals surface area contributed by atoms with Gasteiger partial charge in [-0.1, -0.05) is 30.8 Å². The summed E-state index contributed by atoms with van der Waals surface area (Å²) in [6.07, 6.45) is 4.51. The zero-order valence-electron chi connectivity index (χ0n) is 10.9. The van der Waals surface area contributed by atoms with Crippen LogP contribution in [0.5, 0.6) is 0 Å². The third-order valence-corrected chi connectivity index (χ3v) is 3.83. The first-order valence-electron chi connectivity index (χ1n) is 6.37. The maximum atomic E-state index is 14.0. The van der Waals surface area contributed by atoms with E-state index in [0.29, 0.717) is 11.4 Å². The molecule has 0 saturated carbocycles. The number of pyridine rings is 1. The molecule has 0 aliphatic heterocycles. The number of nitrogens with one attached hydrogen (secondary N) is 1. The molecule has 0 unspecified atom stereocenters. The molecule has 2 rings (SSSR count). The van der Waals surface area contributed by atoms with Crippen molar-refractivity contribution < 1.29 is 4.39 Å². The van der Waals surface area contributed by atoms with Crippen molar-refractivity contribution in [1.82, 2.24) is 10.3 Å². The summed E-state index contributed by atoms with van der Waals surface area (Å²) in [6.45, 7) is 3.75. The fourth-order valence-electron chi connectivity index (χ4n) is 1.73. The van der Waals surface area contributed by atoms with Crippen molar-refractivity contribution in [3.05, 3.63) is 54.1 Å². The van der Waals surface area contributed by atoms with E-state index in [1.807, 2.05) is 18.2 Å². The molecule has 0 atom stereocenters. The van der Waals surface area contributed by atoms with E-state index >= 15 is 0 Å². The van der Waals surface area contributed by atoms with E-state index in [1.165, 1.54) is 17.8 Å². The van der Waals surface area contributed by atoms with Crippen LogP contribution in [-0.2, 0) is 6.54 Å². The predicted octanol–water partition coefficient (Wildman–Crippen LogP) is 3.87. The first-order chi connectivity index (χ1) is 9.31. The van der Waals surface area contributed by atoms with Crippen LogP contribution in [0.4, 0.5) is 4.39 Å². The molecule has 0 radical (unpaired) electrons. The molecule has 2 nitrogen and oxygen atoms in total. The van der Waals surface area contributed by atoms with Gasteiger partial charge in [-0.15, -0.1) is 0 Å². The lowest BCUT2D eigenvalue weighted by Crippen LogP contribution is -2.14. The van der Waals surface area contributed by atoms with Gasteiger partial charge in [-0.25, -0.2) is 4.39 Å². The molecule has 0 aliphatic carbocycles. The number of hydrogen-bond donors (Lipinski definition) is 1. The Hall–Kier alpha value is -1.39. The van der Waals surface area contributed by atoms with Gasteiger partial charge in [0.25, 0.3) is 0 Å². The van der Waals surface area contributed by atoms with Crippen LogP contribution < -0.4 is 5.32 Å². The monoisotopic (exact) mass is 276 g/mol. The Balaban J connectivity index is 2.18. The van der Waals surface area contributed by atoms with Crippen LogP contribution >= 0.6 is 11.8 Å². The Morgan fingerprint density at radius 1 is 1.21 bits per heavy atom. The molecule has 100 valence electrons. The number of aromatic nitrogens is 1. The molecular weight excluding hydrogens is 259 g/mol. The Bertz CT molecular complexity index is 517. The van der Waals surface area contributed by atoms with Crippen molar-refractivity contribution in [1.29, 1.82) is 0 Å². The van der Waals surface area contributed by atoms with Crippen molar-refractivity contribution in [2.45, 2.75) is 29.7 Å². The second-order valence-electron chi connectivity index (χ2n) is 4.19. The van der Waals surface area contributed by atoms with Crippen LogP contribution in [0.1, 0.15) is 18.9 Å². The van der Waals surface area contributed by atoms with Gasteiger partial charge in [0.15, 0.2) is 0 Å². The van der Waals surface area contributed by atoms with Gasteiger partial charge < -0.3 is 5.32 Å². The Morgan fingerprint density at radius 2 is 2.00 bits per heavy atom. The Kier molecular flexibility index (Phi) is 5.36. The largest absolute Gasteiger partial charge is 0.313 e. The number of rotatable bonds is 6. The van der Waals surface area contributed by atoms with Crippen molar-refractivity contribution in [3.8, 4) is 0 Å². The van der Waals surface area contributed by atoms with Crippen LogP contribution in [-0.4, -0.2) is 11.5 Å². The Morgan fingerprint density at radius 3 is 2.74 bits per heavy atom. The average Bonchev–Trinajstić information content (AvgIpc) is 2.44. The molecule has 0 spiro atoms. The summed E-state index contributed by atoms with van der Waals surface area (Å²) in [5.74, 6) is -0.169. The van der Waals surface area contributed by atoms with Crippen molar-refractivity contribution in [2.75, 3.05) is 6.54 Å². The number of hydrogen-bond acceptors (Lipinski definition) is 3. The number of benzene rings is 1. The maximum absolute atomic E-state index is 14.0. The summed E-state index contributed by atoms with van der Waals surface area (Å²) >= 11 is 1.44. The summed E-state index contributed by atoms with van der Waals surface area (Å²) in [7, 11) is 0. The van der Waals surface area contributed by atoms with Crippen LogP contribution in [0.15, 0.2) is 52.5 Å². The van der Waals surface area contributed by atoms with Gasteiger partial charge in [-0.2, -0.15) is 0 Å². The predicted molar refractivity (Wildman–Crippen MR) is 76.8 cm³/mol. The molecular formula is C15H17FN2S. The number of nitrogens with zero attached hydrogens (tertiary/aromatic N) is 1. The first-order valence-corrected chi connectivity index (χ1v) is 7.19. The van der Waals surface area contributed by atoms with Gasteiger partial charge in [0, 0.05) is 23.8 Å². The van der Waals surface area contributed by atoms with E-state index in [4.69, 9.17) is 0 Å². The van der Waals surface area contributed by atoms with Crippen molar-refractivity contribution >= 4 is 11.8 Å². The second kappa shape index (κ2) is 7.26. The van der Waals surface area contributed by atoms with Crippen LogP contribution in [0.3, 0.4) is 0 Å². The lowest BCUT2D eigenvalue weighted by molar-refractivity contribution is 0.589. The molecule has 19 heavy (non-hydrogen) atoms. The third-order valence-electron chi connectivity index (χ3n) is 2.66. The van der Waals surface area contributed by atoms with Gasteiger partial charge in [-0.3, -0.25) is 4.98 Å². The lowest BCUT2D eigenvalue weighted by Gasteiger charge is -2.11. The van der Waals surface area contributed by atoms with Gasteiger partial charge in [-0.05, 0) is 36.7 Å². The van der Waals surface area contributed by atoms with E-state index in [0.717, 1.165) is 23.4 Å². The van der Waals surface area contributed by atoms with E-state index in [1.54, 1.807) is 18.5 Å². The first kappa shape index (κ1) is 14.0.